The first-order chi connectivity index (χ1) is 9.93. The van der Waals surface area contributed by atoms with E-state index >= 15 is 0 Å². The standard InChI is InChI=1S/C15H24N2O4/c1-10(2)8-12(15(19)20-4)16-9-14(18)17-11(3)13-6-5-7-21-13/h5-7,10-12,16H,8-9H2,1-4H3,(H,17,18). The van der Waals surface area contributed by atoms with Crippen molar-refractivity contribution >= 4 is 11.9 Å². The molecule has 0 bridgehead atoms. The summed E-state index contributed by atoms with van der Waals surface area (Å²) in [7, 11) is 1.34. The monoisotopic (exact) mass is 296 g/mol. The Kier molecular flexibility index (Phi) is 6.94. The van der Waals surface area contributed by atoms with E-state index in [0.717, 1.165) is 0 Å². The van der Waals surface area contributed by atoms with Crippen LogP contribution in [0.5, 0.6) is 0 Å². The fourth-order valence-corrected chi connectivity index (χ4v) is 1.99. The van der Waals surface area contributed by atoms with Gasteiger partial charge in [-0.2, -0.15) is 0 Å². The van der Waals surface area contributed by atoms with Crippen molar-refractivity contribution in [2.75, 3.05) is 13.7 Å². The zero-order valence-electron chi connectivity index (χ0n) is 13.0. The lowest BCUT2D eigenvalue weighted by molar-refractivity contribution is -0.143. The van der Waals surface area contributed by atoms with Crippen LogP contribution in [0.2, 0.25) is 0 Å². The first kappa shape index (κ1) is 17.2. The van der Waals surface area contributed by atoms with Gasteiger partial charge in [0.05, 0.1) is 26.0 Å². The second-order valence-electron chi connectivity index (χ2n) is 5.39. The first-order valence-corrected chi connectivity index (χ1v) is 7.08. The van der Waals surface area contributed by atoms with Crippen LogP contribution in [0.3, 0.4) is 0 Å². The van der Waals surface area contributed by atoms with Gasteiger partial charge in [-0.1, -0.05) is 13.8 Å². The van der Waals surface area contributed by atoms with Gasteiger partial charge in [0.15, 0.2) is 0 Å². The molecule has 0 radical (unpaired) electrons. The molecule has 0 aliphatic heterocycles. The molecule has 0 aromatic carbocycles. The highest BCUT2D eigenvalue weighted by Gasteiger charge is 2.21. The summed E-state index contributed by atoms with van der Waals surface area (Å²) in [4.78, 5) is 23.5. The number of furan rings is 1. The van der Waals surface area contributed by atoms with E-state index in [4.69, 9.17) is 9.15 Å². The highest BCUT2D eigenvalue weighted by atomic mass is 16.5. The molecule has 2 atom stereocenters. The lowest BCUT2D eigenvalue weighted by Crippen LogP contribution is -2.44. The molecule has 1 heterocycles. The molecule has 0 spiro atoms. The molecule has 2 unspecified atom stereocenters. The van der Waals surface area contributed by atoms with E-state index in [-0.39, 0.29) is 24.5 Å². The van der Waals surface area contributed by atoms with Gasteiger partial charge in [0.2, 0.25) is 5.91 Å². The number of methoxy groups -OCH3 is 1. The van der Waals surface area contributed by atoms with Crippen LogP contribution in [0.4, 0.5) is 0 Å². The van der Waals surface area contributed by atoms with Crippen molar-refractivity contribution < 1.29 is 18.7 Å². The summed E-state index contributed by atoms with van der Waals surface area (Å²) in [5.41, 5.74) is 0. The van der Waals surface area contributed by atoms with Gasteiger partial charge in [-0.15, -0.1) is 0 Å². The summed E-state index contributed by atoms with van der Waals surface area (Å²) in [6.45, 7) is 5.91. The highest BCUT2D eigenvalue weighted by Crippen LogP contribution is 2.11. The average Bonchev–Trinajstić information content (AvgIpc) is 2.96. The van der Waals surface area contributed by atoms with Crippen molar-refractivity contribution in [2.24, 2.45) is 5.92 Å². The van der Waals surface area contributed by atoms with Crippen LogP contribution in [0.1, 0.15) is 39.0 Å². The zero-order chi connectivity index (χ0) is 15.8. The van der Waals surface area contributed by atoms with Crippen molar-refractivity contribution in [3.8, 4) is 0 Å². The third-order valence-corrected chi connectivity index (χ3v) is 3.05. The van der Waals surface area contributed by atoms with Crippen LogP contribution in [0.15, 0.2) is 22.8 Å². The van der Waals surface area contributed by atoms with Crippen LogP contribution >= 0.6 is 0 Å². The lowest BCUT2D eigenvalue weighted by atomic mass is 10.0. The number of amides is 1. The summed E-state index contributed by atoms with van der Waals surface area (Å²) >= 11 is 0. The molecule has 1 aromatic heterocycles. The number of carbonyl (C=O) groups excluding carboxylic acids is 2. The zero-order valence-corrected chi connectivity index (χ0v) is 13.0. The summed E-state index contributed by atoms with van der Waals surface area (Å²) in [6, 6.07) is 2.89. The Balaban J connectivity index is 2.44. The number of hydrogen-bond donors (Lipinski definition) is 2. The number of rotatable bonds is 8. The largest absolute Gasteiger partial charge is 0.468 e. The maximum Gasteiger partial charge on any atom is 0.322 e. The molecule has 0 aliphatic rings. The molecule has 6 heteroatoms. The van der Waals surface area contributed by atoms with E-state index in [9.17, 15) is 9.59 Å². The Labute approximate surface area is 125 Å². The third kappa shape index (κ3) is 5.99. The van der Waals surface area contributed by atoms with Gasteiger partial charge >= 0.3 is 5.97 Å². The highest BCUT2D eigenvalue weighted by molar-refractivity contribution is 5.80. The minimum Gasteiger partial charge on any atom is -0.468 e. The lowest BCUT2D eigenvalue weighted by Gasteiger charge is -2.19. The van der Waals surface area contributed by atoms with Gasteiger partial charge in [-0.3, -0.25) is 14.9 Å². The topological polar surface area (TPSA) is 80.6 Å². The predicted octanol–water partition coefficient (Wildman–Crippen LogP) is 1.63. The van der Waals surface area contributed by atoms with Gasteiger partial charge in [-0.05, 0) is 31.4 Å². The Bertz CT molecular complexity index is 443. The third-order valence-electron chi connectivity index (χ3n) is 3.05. The van der Waals surface area contributed by atoms with Gasteiger partial charge in [0.1, 0.15) is 11.8 Å². The normalized spacial score (nSPS) is 13.8. The average molecular weight is 296 g/mol. The van der Waals surface area contributed by atoms with E-state index in [0.29, 0.717) is 18.1 Å². The van der Waals surface area contributed by atoms with Crippen molar-refractivity contribution in [1.29, 1.82) is 0 Å². The van der Waals surface area contributed by atoms with Crippen molar-refractivity contribution in [3.63, 3.8) is 0 Å². The molecule has 1 amide bonds. The Morgan fingerprint density at radius 2 is 2.05 bits per heavy atom. The number of esters is 1. The van der Waals surface area contributed by atoms with Crippen molar-refractivity contribution in [1.82, 2.24) is 10.6 Å². The smallest absolute Gasteiger partial charge is 0.322 e. The quantitative estimate of drug-likeness (QED) is 0.713. The maximum atomic E-state index is 11.9. The fourth-order valence-electron chi connectivity index (χ4n) is 1.99. The summed E-state index contributed by atoms with van der Waals surface area (Å²) in [6.07, 6.45) is 2.18. The summed E-state index contributed by atoms with van der Waals surface area (Å²) < 4.78 is 9.96. The minimum absolute atomic E-state index is 0.0531. The van der Waals surface area contributed by atoms with Crippen molar-refractivity contribution in [2.45, 2.75) is 39.3 Å². The van der Waals surface area contributed by atoms with Crippen LogP contribution in [0.25, 0.3) is 0 Å². The van der Waals surface area contributed by atoms with Crippen LogP contribution in [-0.2, 0) is 14.3 Å². The fraction of sp³-hybridized carbons (Fsp3) is 0.600. The second kappa shape index (κ2) is 8.46. The molecule has 118 valence electrons. The number of hydrogen-bond acceptors (Lipinski definition) is 5. The molecule has 2 N–H and O–H groups in total. The van der Waals surface area contributed by atoms with Crippen LogP contribution < -0.4 is 10.6 Å². The Morgan fingerprint density at radius 1 is 1.33 bits per heavy atom. The van der Waals surface area contributed by atoms with E-state index < -0.39 is 6.04 Å². The Morgan fingerprint density at radius 3 is 2.57 bits per heavy atom. The molecule has 0 saturated heterocycles. The molecular formula is C15H24N2O4. The molecule has 1 rings (SSSR count). The first-order valence-electron chi connectivity index (χ1n) is 7.08. The van der Waals surface area contributed by atoms with E-state index in [1.54, 1.807) is 18.4 Å². The molecule has 0 saturated carbocycles. The van der Waals surface area contributed by atoms with Gasteiger partial charge in [-0.25, -0.2) is 0 Å². The molecule has 0 aliphatic carbocycles. The molecular weight excluding hydrogens is 272 g/mol. The van der Waals surface area contributed by atoms with Gasteiger partial charge in [0.25, 0.3) is 0 Å². The second-order valence-corrected chi connectivity index (χ2v) is 5.39. The minimum atomic E-state index is -0.473. The van der Waals surface area contributed by atoms with Gasteiger partial charge < -0.3 is 14.5 Å². The van der Waals surface area contributed by atoms with E-state index in [1.807, 2.05) is 20.8 Å². The molecule has 6 nitrogen and oxygen atoms in total. The van der Waals surface area contributed by atoms with E-state index in [2.05, 4.69) is 10.6 Å². The van der Waals surface area contributed by atoms with Crippen molar-refractivity contribution in [3.05, 3.63) is 24.2 Å². The SMILES string of the molecule is COC(=O)C(CC(C)C)NCC(=O)NC(C)c1ccco1. The van der Waals surface area contributed by atoms with Crippen LogP contribution in [-0.4, -0.2) is 31.6 Å². The van der Waals surface area contributed by atoms with E-state index in [1.165, 1.54) is 7.11 Å². The summed E-state index contributed by atoms with van der Waals surface area (Å²) in [5, 5.41) is 5.74. The maximum absolute atomic E-state index is 11.9. The number of ether oxygens (including phenoxy) is 1. The predicted molar refractivity (Wildman–Crippen MR) is 78.5 cm³/mol. The van der Waals surface area contributed by atoms with Gasteiger partial charge in [0, 0.05) is 0 Å². The molecule has 21 heavy (non-hydrogen) atoms. The summed E-state index contributed by atoms with van der Waals surface area (Å²) in [5.74, 6) is 0.467. The number of nitrogens with one attached hydrogen (secondary N) is 2. The Hall–Kier alpha value is -1.82. The molecule has 1 aromatic rings. The van der Waals surface area contributed by atoms with Crippen LogP contribution in [0, 0.1) is 5.92 Å². The molecule has 0 fully saturated rings. The number of carbonyl (C=O) groups is 2.